The fourth-order valence-corrected chi connectivity index (χ4v) is 1.63. The van der Waals surface area contributed by atoms with Crippen molar-refractivity contribution < 1.29 is 4.39 Å². The number of benzene rings is 1. The Hall–Kier alpha value is -1.23. The molecule has 0 radical (unpaired) electrons. The van der Waals surface area contributed by atoms with E-state index >= 15 is 0 Å². The molecule has 0 bridgehead atoms. The average Bonchev–Trinajstić information content (AvgIpc) is 2.64. The summed E-state index contributed by atoms with van der Waals surface area (Å²) in [5.41, 5.74) is 0.581. The van der Waals surface area contributed by atoms with Crippen molar-refractivity contribution in [2.75, 3.05) is 0 Å². The molecule has 0 spiro atoms. The van der Waals surface area contributed by atoms with Crippen LogP contribution in [0.4, 0.5) is 4.39 Å². The molecule has 2 rings (SSSR count). The molecule has 0 saturated carbocycles. The summed E-state index contributed by atoms with van der Waals surface area (Å²) in [5.74, 6) is -0.241. The van der Waals surface area contributed by atoms with Gasteiger partial charge in [-0.1, -0.05) is 22.0 Å². The first-order valence-electron chi connectivity index (χ1n) is 4.02. The van der Waals surface area contributed by atoms with E-state index in [1.807, 2.05) is 0 Å². The van der Waals surface area contributed by atoms with Crippen molar-refractivity contribution in [2.45, 2.75) is 6.54 Å². The smallest absolute Gasteiger partial charge is 0.137 e. The monoisotopic (exact) mass is 255 g/mol. The lowest BCUT2D eigenvalue weighted by Crippen LogP contribution is -2.03. The molecule has 0 aliphatic heterocycles. The fourth-order valence-electron chi connectivity index (χ4n) is 1.16. The van der Waals surface area contributed by atoms with E-state index in [0.29, 0.717) is 12.1 Å². The minimum absolute atomic E-state index is 0.241. The van der Waals surface area contributed by atoms with Crippen LogP contribution in [0, 0.1) is 5.82 Å². The Morgan fingerprint density at radius 1 is 1.43 bits per heavy atom. The first-order chi connectivity index (χ1) is 6.77. The summed E-state index contributed by atoms with van der Waals surface area (Å²) >= 11 is 3.29. The second-order valence-corrected chi connectivity index (χ2v) is 3.65. The highest BCUT2D eigenvalue weighted by Crippen LogP contribution is 2.20. The molecule has 0 amide bonds. The van der Waals surface area contributed by atoms with Gasteiger partial charge in [0, 0.05) is 10.0 Å². The van der Waals surface area contributed by atoms with Crippen molar-refractivity contribution in [3.63, 3.8) is 0 Å². The van der Waals surface area contributed by atoms with Crippen molar-refractivity contribution in [1.82, 2.24) is 14.8 Å². The zero-order valence-electron chi connectivity index (χ0n) is 7.19. The summed E-state index contributed by atoms with van der Waals surface area (Å²) in [6.45, 7) is 0.382. The molecule has 1 aromatic carbocycles. The third-order valence-electron chi connectivity index (χ3n) is 1.85. The van der Waals surface area contributed by atoms with Gasteiger partial charge in [0.15, 0.2) is 0 Å². The average molecular weight is 256 g/mol. The second kappa shape index (κ2) is 3.88. The summed E-state index contributed by atoms with van der Waals surface area (Å²) in [6.07, 6.45) is 2.98. The Balaban J connectivity index is 2.33. The summed E-state index contributed by atoms with van der Waals surface area (Å²) in [4.78, 5) is 3.79. The van der Waals surface area contributed by atoms with Crippen LogP contribution in [0.5, 0.6) is 0 Å². The molecular formula is C9H7BrFN3. The zero-order chi connectivity index (χ0) is 9.97. The molecule has 0 aliphatic carbocycles. The largest absolute Gasteiger partial charge is 0.248 e. The Kier molecular flexibility index (Phi) is 2.58. The summed E-state index contributed by atoms with van der Waals surface area (Å²) in [7, 11) is 0. The first-order valence-corrected chi connectivity index (χ1v) is 4.82. The minimum Gasteiger partial charge on any atom is -0.248 e. The fraction of sp³-hybridized carbons (Fsp3) is 0.111. The van der Waals surface area contributed by atoms with Crippen LogP contribution in [0.3, 0.4) is 0 Å². The first kappa shape index (κ1) is 9.33. The van der Waals surface area contributed by atoms with Gasteiger partial charge in [-0.2, -0.15) is 5.10 Å². The zero-order valence-corrected chi connectivity index (χ0v) is 8.78. The van der Waals surface area contributed by atoms with Crippen molar-refractivity contribution in [3.8, 4) is 0 Å². The van der Waals surface area contributed by atoms with Gasteiger partial charge in [0.05, 0.1) is 6.54 Å². The summed E-state index contributed by atoms with van der Waals surface area (Å²) in [6, 6.07) is 4.89. The number of rotatable bonds is 2. The van der Waals surface area contributed by atoms with Crippen LogP contribution in [0.1, 0.15) is 5.56 Å². The number of hydrogen-bond donors (Lipinski definition) is 0. The van der Waals surface area contributed by atoms with Crippen molar-refractivity contribution >= 4 is 15.9 Å². The molecule has 1 aromatic heterocycles. The van der Waals surface area contributed by atoms with Crippen LogP contribution in [0.2, 0.25) is 0 Å². The van der Waals surface area contributed by atoms with E-state index in [0.717, 1.165) is 4.47 Å². The molecule has 72 valence electrons. The molecule has 0 aliphatic rings. The predicted octanol–water partition coefficient (Wildman–Crippen LogP) is 2.23. The Morgan fingerprint density at radius 3 is 2.93 bits per heavy atom. The molecular weight excluding hydrogens is 249 g/mol. The van der Waals surface area contributed by atoms with Gasteiger partial charge >= 0.3 is 0 Å². The van der Waals surface area contributed by atoms with Crippen molar-refractivity contribution in [1.29, 1.82) is 0 Å². The molecule has 5 heteroatoms. The molecule has 0 atom stereocenters. The van der Waals surface area contributed by atoms with E-state index in [4.69, 9.17) is 0 Å². The molecule has 14 heavy (non-hydrogen) atoms. The number of nitrogens with zero attached hydrogens (tertiary/aromatic N) is 3. The molecule has 0 saturated heterocycles. The number of aromatic nitrogens is 3. The maximum absolute atomic E-state index is 13.4. The lowest BCUT2D eigenvalue weighted by molar-refractivity contribution is 0.582. The molecule has 2 aromatic rings. The molecule has 3 nitrogen and oxygen atoms in total. The quantitative estimate of drug-likeness (QED) is 0.824. The molecule has 0 N–H and O–H groups in total. The van der Waals surface area contributed by atoms with Gasteiger partial charge in [-0.3, -0.25) is 0 Å². The normalized spacial score (nSPS) is 10.4. The highest BCUT2D eigenvalue weighted by atomic mass is 79.9. The van der Waals surface area contributed by atoms with E-state index in [2.05, 4.69) is 26.0 Å². The van der Waals surface area contributed by atoms with Crippen LogP contribution in [0.15, 0.2) is 35.3 Å². The highest BCUT2D eigenvalue weighted by Gasteiger charge is 2.06. The SMILES string of the molecule is Fc1cccc(Br)c1Cn1cncn1. The van der Waals surface area contributed by atoms with Crippen molar-refractivity contribution in [2.24, 2.45) is 0 Å². The molecule has 1 heterocycles. The maximum atomic E-state index is 13.4. The lowest BCUT2D eigenvalue weighted by atomic mass is 10.2. The third kappa shape index (κ3) is 1.82. The van der Waals surface area contributed by atoms with Gasteiger partial charge in [0.1, 0.15) is 18.5 Å². The standard InChI is InChI=1S/C9H7BrFN3/c10-8-2-1-3-9(11)7(8)4-14-6-12-5-13-14/h1-3,5-6H,4H2. The van der Waals surface area contributed by atoms with E-state index in [9.17, 15) is 4.39 Å². The summed E-state index contributed by atoms with van der Waals surface area (Å²) in [5, 5.41) is 3.91. The number of hydrogen-bond acceptors (Lipinski definition) is 2. The van der Waals surface area contributed by atoms with E-state index in [1.165, 1.54) is 12.4 Å². The van der Waals surface area contributed by atoms with Gasteiger partial charge in [0.2, 0.25) is 0 Å². The number of halogens is 2. The Labute approximate surface area is 88.7 Å². The molecule has 0 fully saturated rings. The van der Waals surface area contributed by atoms with Crippen LogP contribution in [0.25, 0.3) is 0 Å². The molecule has 0 unspecified atom stereocenters. The van der Waals surface area contributed by atoms with E-state index < -0.39 is 0 Å². The van der Waals surface area contributed by atoms with Crippen LogP contribution < -0.4 is 0 Å². The van der Waals surface area contributed by atoms with Crippen LogP contribution >= 0.6 is 15.9 Å². The van der Waals surface area contributed by atoms with E-state index in [-0.39, 0.29) is 5.82 Å². The third-order valence-corrected chi connectivity index (χ3v) is 2.59. The van der Waals surface area contributed by atoms with Crippen LogP contribution in [-0.4, -0.2) is 14.8 Å². The maximum Gasteiger partial charge on any atom is 0.137 e. The van der Waals surface area contributed by atoms with Gasteiger partial charge in [0.25, 0.3) is 0 Å². The summed E-state index contributed by atoms with van der Waals surface area (Å²) < 4.78 is 15.7. The van der Waals surface area contributed by atoms with Gasteiger partial charge in [-0.05, 0) is 12.1 Å². The minimum atomic E-state index is -0.241. The Morgan fingerprint density at radius 2 is 2.29 bits per heavy atom. The van der Waals surface area contributed by atoms with Crippen LogP contribution in [-0.2, 0) is 6.54 Å². The predicted molar refractivity (Wildman–Crippen MR) is 53.2 cm³/mol. The Bertz CT molecular complexity index is 407. The topological polar surface area (TPSA) is 30.7 Å². The van der Waals surface area contributed by atoms with Gasteiger partial charge < -0.3 is 0 Å². The highest BCUT2D eigenvalue weighted by molar-refractivity contribution is 9.10. The van der Waals surface area contributed by atoms with Crippen molar-refractivity contribution in [3.05, 3.63) is 46.7 Å². The van der Waals surface area contributed by atoms with E-state index in [1.54, 1.807) is 23.1 Å². The lowest BCUT2D eigenvalue weighted by Gasteiger charge is -2.04. The second-order valence-electron chi connectivity index (χ2n) is 2.79. The van der Waals surface area contributed by atoms with Gasteiger partial charge in [-0.15, -0.1) is 0 Å². The van der Waals surface area contributed by atoms with Gasteiger partial charge in [-0.25, -0.2) is 14.1 Å².